The summed E-state index contributed by atoms with van der Waals surface area (Å²) in [7, 11) is 0. The summed E-state index contributed by atoms with van der Waals surface area (Å²) in [6.07, 6.45) is 0. The minimum atomic E-state index is -0.328. The van der Waals surface area contributed by atoms with Crippen LogP contribution in [0.3, 0.4) is 0 Å². The van der Waals surface area contributed by atoms with Gasteiger partial charge in [-0.15, -0.1) is 23.1 Å². The third-order valence-corrected chi connectivity index (χ3v) is 5.66. The van der Waals surface area contributed by atoms with Crippen molar-refractivity contribution in [3.05, 3.63) is 69.6 Å². The third-order valence-electron chi connectivity index (χ3n) is 3.44. The zero-order chi connectivity index (χ0) is 18.5. The van der Waals surface area contributed by atoms with Crippen molar-refractivity contribution >= 4 is 49.9 Å². The molecule has 0 spiro atoms. The Kier molecular flexibility index (Phi) is 6.39. The fourth-order valence-corrected chi connectivity index (χ4v) is 4.07. The molecule has 3 nitrogen and oxygen atoms in total. The van der Waals surface area contributed by atoms with Gasteiger partial charge in [-0.2, -0.15) is 0 Å². The van der Waals surface area contributed by atoms with Crippen molar-refractivity contribution in [1.29, 1.82) is 0 Å². The highest BCUT2D eigenvalue weighted by atomic mass is 79.9. The van der Waals surface area contributed by atoms with Gasteiger partial charge in [0.05, 0.1) is 11.3 Å². The lowest BCUT2D eigenvalue weighted by Crippen LogP contribution is -2.14. The van der Waals surface area contributed by atoms with Gasteiger partial charge >= 0.3 is 0 Å². The van der Waals surface area contributed by atoms with Crippen molar-refractivity contribution in [3.8, 4) is 11.3 Å². The Morgan fingerprint density at radius 3 is 2.69 bits per heavy atom. The van der Waals surface area contributed by atoms with Gasteiger partial charge < -0.3 is 5.32 Å². The first-order valence-corrected chi connectivity index (χ1v) is 10.4. The Labute approximate surface area is 166 Å². The van der Waals surface area contributed by atoms with Crippen molar-refractivity contribution < 1.29 is 13.6 Å². The van der Waals surface area contributed by atoms with Crippen LogP contribution in [0.25, 0.3) is 11.3 Å². The van der Waals surface area contributed by atoms with E-state index >= 15 is 0 Å². The van der Waals surface area contributed by atoms with E-state index in [-0.39, 0.29) is 23.3 Å². The lowest BCUT2D eigenvalue weighted by molar-refractivity contribution is -0.113. The van der Waals surface area contributed by atoms with Gasteiger partial charge in [-0.1, -0.05) is 22.0 Å². The highest BCUT2D eigenvalue weighted by Crippen LogP contribution is 2.30. The third kappa shape index (κ3) is 4.90. The topological polar surface area (TPSA) is 42.0 Å². The number of rotatable bonds is 6. The Morgan fingerprint density at radius 2 is 1.96 bits per heavy atom. The Balaban J connectivity index is 1.57. The summed E-state index contributed by atoms with van der Waals surface area (Å²) in [4.78, 5) is 16.4. The number of thiazole rings is 1. The number of amides is 1. The maximum absolute atomic E-state index is 13.8. The number of nitrogens with zero attached hydrogens (tertiary/aromatic N) is 1. The average molecular weight is 455 g/mol. The monoisotopic (exact) mass is 454 g/mol. The standard InChI is InChI=1S/C18H13BrF2N2OS2/c19-13-4-1-12(15(21)7-13)8-25-9-16(24)23-18-17(22-10-26-18)11-2-5-14(20)6-3-11/h1-7,10H,8-9H2,(H,23,24). The van der Waals surface area contributed by atoms with E-state index in [1.807, 2.05) is 0 Å². The minimum absolute atomic E-state index is 0.191. The summed E-state index contributed by atoms with van der Waals surface area (Å²) in [6, 6.07) is 10.8. The number of thioether (sulfide) groups is 1. The summed E-state index contributed by atoms with van der Waals surface area (Å²) < 4.78 is 27.5. The molecule has 26 heavy (non-hydrogen) atoms. The van der Waals surface area contributed by atoms with Crippen LogP contribution in [0.4, 0.5) is 13.8 Å². The van der Waals surface area contributed by atoms with E-state index in [2.05, 4.69) is 26.2 Å². The Hall–Kier alpha value is -1.77. The van der Waals surface area contributed by atoms with E-state index < -0.39 is 0 Å². The van der Waals surface area contributed by atoms with Gasteiger partial charge in [0.15, 0.2) is 0 Å². The molecule has 0 fully saturated rings. The zero-order valence-electron chi connectivity index (χ0n) is 13.3. The van der Waals surface area contributed by atoms with Crippen LogP contribution in [0.1, 0.15) is 5.56 Å². The second-order valence-corrected chi connectivity index (χ2v) is 8.07. The predicted octanol–water partition coefficient (Wildman–Crippen LogP) is 5.72. The molecule has 1 amide bonds. The average Bonchev–Trinajstić information content (AvgIpc) is 3.05. The molecule has 0 atom stereocenters. The van der Waals surface area contributed by atoms with Crippen molar-refractivity contribution in [1.82, 2.24) is 4.98 Å². The van der Waals surface area contributed by atoms with Crippen LogP contribution in [0.2, 0.25) is 0 Å². The van der Waals surface area contributed by atoms with Gasteiger partial charge in [0, 0.05) is 15.8 Å². The molecule has 0 saturated heterocycles. The maximum Gasteiger partial charge on any atom is 0.235 e. The van der Waals surface area contributed by atoms with Crippen molar-refractivity contribution in [2.75, 3.05) is 11.1 Å². The molecule has 0 aliphatic rings. The van der Waals surface area contributed by atoms with Crippen LogP contribution >= 0.6 is 39.0 Å². The number of halogens is 3. The van der Waals surface area contributed by atoms with Gasteiger partial charge in [-0.3, -0.25) is 4.79 Å². The first kappa shape index (κ1) is 19.0. The molecule has 0 aliphatic heterocycles. The molecular formula is C18H13BrF2N2OS2. The van der Waals surface area contributed by atoms with Crippen LogP contribution in [0.15, 0.2) is 52.4 Å². The Morgan fingerprint density at radius 1 is 1.19 bits per heavy atom. The number of hydrogen-bond acceptors (Lipinski definition) is 4. The van der Waals surface area contributed by atoms with Crippen LogP contribution in [0.5, 0.6) is 0 Å². The molecule has 1 heterocycles. The largest absolute Gasteiger partial charge is 0.315 e. The number of hydrogen-bond donors (Lipinski definition) is 1. The first-order valence-electron chi connectivity index (χ1n) is 7.54. The molecule has 134 valence electrons. The molecule has 3 rings (SSSR count). The zero-order valence-corrected chi connectivity index (χ0v) is 16.6. The van der Waals surface area contributed by atoms with Gasteiger partial charge in [0.1, 0.15) is 22.3 Å². The summed E-state index contributed by atoms with van der Waals surface area (Å²) in [6.45, 7) is 0. The number of nitrogens with one attached hydrogen (secondary N) is 1. The van der Waals surface area contributed by atoms with E-state index in [1.54, 1.807) is 29.8 Å². The van der Waals surface area contributed by atoms with E-state index in [1.165, 1.54) is 41.3 Å². The van der Waals surface area contributed by atoms with Crippen molar-refractivity contribution in [2.45, 2.75) is 5.75 Å². The summed E-state index contributed by atoms with van der Waals surface area (Å²) in [5, 5.41) is 3.42. The molecule has 8 heteroatoms. The minimum Gasteiger partial charge on any atom is -0.315 e. The molecule has 2 aromatic carbocycles. The molecule has 0 radical (unpaired) electrons. The fourth-order valence-electron chi connectivity index (χ4n) is 2.20. The van der Waals surface area contributed by atoms with Crippen LogP contribution in [0, 0.1) is 11.6 Å². The van der Waals surface area contributed by atoms with E-state index in [4.69, 9.17) is 0 Å². The molecule has 3 aromatic rings. The molecule has 0 bridgehead atoms. The lowest BCUT2D eigenvalue weighted by atomic mass is 10.1. The second kappa shape index (κ2) is 8.75. The number of benzene rings is 2. The molecular weight excluding hydrogens is 442 g/mol. The van der Waals surface area contributed by atoms with E-state index in [0.29, 0.717) is 26.5 Å². The number of anilines is 1. The maximum atomic E-state index is 13.8. The quantitative estimate of drug-likeness (QED) is 0.517. The number of carbonyl (C=O) groups excluding carboxylic acids is 1. The molecule has 1 aromatic heterocycles. The fraction of sp³-hybridized carbons (Fsp3) is 0.111. The van der Waals surface area contributed by atoms with Crippen LogP contribution in [-0.4, -0.2) is 16.6 Å². The van der Waals surface area contributed by atoms with Gasteiger partial charge in [-0.25, -0.2) is 13.8 Å². The van der Waals surface area contributed by atoms with Gasteiger partial charge in [0.2, 0.25) is 5.91 Å². The van der Waals surface area contributed by atoms with Crippen molar-refractivity contribution in [3.63, 3.8) is 0 Å². The molecule has 1 N–H and O–H groups in total. The number of carbonyl (C=O) groups is 1. The SMILES string of the molecule is O=C(CSCc1ccc(Br)cc1F)Nc1scnc1-c1ccc(F)cc1. The van der Waals surface area contributed by atoms with Crippen molar-refractivity contribution in [2.24, 2.45) is 0 Å². The summed E-state index contributed by atoms with van der Waals surface area (Å²) >= 11 is 5.84. The normalized spacial score (nSPS) is 10.7. The molecule has 0 aliphatic carbocycles. The van der Waals surface area contributed by atoms with E-state index in [9.17, 15) is 13.6 Å². The predicted molar refractivity (Wildman–Crippen MR) is 106 cm³/mol. The highest BCUT2D eigenvalue weighted by molar-refractivity contribution is 9.10. The van der Waals surface area contributed by atoms with Gasteiger partial charge in [-0.05, 0) is 42.0 Å². The molecule has 0 unspecified atom stereocenters. The second-order valence-electron chi connectivity index (χ2n) is 5.31. The Bertz CT molecular complexity index is 916. The highest BCUT2D eigenvalue weighted by Gasteiger charge is 2.12. The summed E-state index contributed by atoms with van der Waals surface area (Å²) in [5.41, 5.74) is 3.51. The van der Waals surface area contributed by atoms with Gasteiger partial charge in [0.25, 0.3) is 0 Å². The van der Waals surface area contributed by atoms with Crippen LogP contribution < -0.4 is 5.32 Å². The first-order chi connectivity index (χ1) is 12.5. The lowest BCUT2D eigenvalue weighted by Gasteiger charge is -2.06. The van der Waals surface area contributed by atoms with Crippen LogP contribution in [-0.2, 0) is 10.5 Å². The number of aromatic nitrogens is 1. The molecule has 0 saturated carbocycles. The summed E-state index contributed by atoms with van der Waals surface area (Å²) in [5.74, 6) is -0.226. The van der Waals surface area contributed by atoms with E-state index in [0.717, 1.165) is 5.56 Å². The smallest absolute Gasteiger partial charge is 0.235 e.